The summed E-state index contributed by atoms with van der Waals surface area (Å²) in [6, 6.07) is 7.91. The summed E-state index contributed by atoms with van der Waals surface area (Å²) in [5, 5.41) is 3.21. The summed E-state index contributed by atoms with van der Waals surface area (Å²) < 4.78 is 1.19. The van der Waals surface area contributed by atoms with Gasteiger partial charge in [-0.25, -0.2) is 0 Å². The number of likely N-dealkylation sites (N-methyl/N-ethyl adjacent to an activating group) is 1. The van der Waals surface area contributed by atoms with Crippen molar-refractivity contribution in [3.63, 3.8) is 0 Å². The van der Waals surface area contributed by atoms with Gasteiger partial charge in [-0.15, -0.1) is 0 Å². The normalized spacial score (nSPS) is 20.3. The van der Waals surface area contributed by atoms with E-state index in [1.165, 1.54) is 8.47 Å². The van der Waals surface area contributed by atoms with Crippen LogP contribution in [0.3, 0.4) is 0 Å². The van der Waals surface area contributed by atoms with E-state index in [4.69, 9.17) is 0 Å². The van der Waals surface area contributed by atoms with Crippen LogP contribution in [-0.2, 0) is 16.1 Å². The standard InChI is InChI=1S/C13H15IN2O2/c1-16-12(17)7-6-11(13(16)18)15-8-9-2-4-10(14)5-3-9/h2-5,11,15H,6-8H2,1H3. The van der Waals surface area contributed by atoms with Gasteiger partial charge >= 0.3 is 0 Å². The fraction of sp³-hybridized carbons (Fsp3) is 0.385. The first-order chi connectivity index (χ1) is 8.58. The Labute approximate surface area is 120 Å². The predicted molar refractivity (Wildman–Crippen MR) is 76.8 cm³/mol. The van der Waals surface area contributed by atoms with Crippen LogP contribution in [0.2, 0.25) is 0 Å². The molecule has 1 atom stereocenters. The summed E-state index contributed by atoms with van der Waals surface area (Å²) in [7, 11) is 1.55. The topological polar surface area (TPSA) is 49.4 Å². The number of imide groups is 1. The van der Waals surface area contributed by atoms with Gasteiger partial charge in [0.25, 0.3) is 0 Å². The lowest BCUT2D eigenvalue weighted by atomic mass is 10.0. The lowest BCUT2D eigenvalue weighted by molar-refractivity contribution is -0.148. The van der Waals surface area contributed by atoms with Crippen LogP contribution in [0.1, 0.15) is 18.4 Å². The summed E-state index contributed by atoms with van der Waals surface area (Å²) in [5.74, 6) is -0.218. The van der Waals surface area contributed by atoms with Crippen LogP contribution in [0.4, 0.5) is 0 Å². The van der Waals surface area contributed by atoms with E-state index in [0.717, 1.165) is 5.56 Å². The van der Waals surface area contributed by atoms with Crippen molar-refractivity contribution in [2.45, 2.75) is 25.4 Å². The fourth-order valence-corrected chi connectivity index (χ4v) is 2.31. The summed E-state index contributed by atoms with van der Waals surface area (Å²) in [6.07, 6.45) is 1.03. The van der Waals surface area contributed by atoms with Crippen LogP contribution in [-0.4, -0.2) is 29.8 Å². The number of carbonyl (C=O) groups is 2. The molecule has 1 aromatic rings. The van der Waals surface area contributed by atoms with E-state index < -0.39 is 0 Å². The van der Waals surface area contributed by atoms with Crippen LogP contribution in [0.25, 0.3) is 0 Å². The molecule has 0 bridgehead atoms. The van der Waals surface area contributed by atoms with E-state index in [2.05, 4.69) is 27.9 Å². The monoisotopic (exact) mass is 358 g/mol. The number of amides is 2. The summed E-state index contributed by atoms with van der Waals surface area (Å²) >= 11 is 2.26. The van der Waals surface area contributed by atoms with Crippen molar-refractivity contribution in [2.75, 3.05) is 7.05 Å². The van der Waals surface area contributed by atoms with Gasteiger partial charge in [0.15, 0.2) is 0 Å². The zero-order valence-electron chi connectivity index (χ0n) is 10.1. The van der Waals surface area contributed by atoms with Crippen LogP contribution < -0.4 is 5.32 Å². The molecule has 1 saturated heterocycles. The van der Waals surface area contributed by atoms with E-state index in [-0.39, 0.29) is 17.9 Å². The third-order valence-corrected chi connectivity index (χ3v) is 3.83. The number of hydrogen-bond acceptors (Lipinski definition) is 3. The molecule has 1 aromatic carbocycles. The molecule has 1 N–H and O–H groups in total. The molecule has 1 aliphatic heterocycles. The minimum Gasteiger partial charge on any atom is -0.302 e. The highest BCUT2D eigenvalue weighted by molar-refractivity contribution is 14.1. The number of likely N-dealkylation sites (tertiary alicyclic amines) is 1. The van der Waals surface area contributed by atoms with Crippen molar-refractivity contribution >= 4 is 34.4 Å². The zero-order valence-corrected chi connectivity index (χ0v) is 12.3. The Balaban J connectivity index is 1.92. The quantitative estimate of drug-likeness (QED) is 0.659. The molecule has 2 amide bonds. The van der Waals surface area contributed by atoms with E-state index in [1.807, 2.05) is 24.3 Å². The molecule has 5 heteroatoms. The van der Waals surface area contributed by atoms with Crippen molar-refractivity contribution in [1.29, 1.82) is 0 Å². The lowest BCUT2D eigenvalue weighted by Crippen LogP contribution is -2.51. The maximum Gasteiger partial charge on any atom is 0.246 e. The van der Waals surface area contributed by atoms with E-state index in [1.54, 1.807) is 7.05 Å². The number of benzene rings is 1. The van der Waals surface area contributed by atoms with Gasteiger partial charge in [0.2, 0.25) is 11.8 Å². The molecule has 0 aromatic heterocycles. The van der Waals surface area contributed by atoms with Gasteiger partial charge in [-0.3, -0.25) is 14.5 Å². The minimum absolute atomic E-state index is 0.0904. The molecule has 4 nitrogen and oxygen atoms in total. The highest BCUT2D eigenvalue weighted by Crippen LogP contribution is 2.12. The maximum absolute atomic E-state index is 11.9. The maximum atomic E-state index is 11.9. The smallest absolute Gasteiger partial charge is 0.246 e. The number of nitrogens with zero attached hydrogens (tertiary/aromatic N) is 1. The van der Waals surface area contributed by atoms with E-state index in [9.17, 15) is 9.59 Å². The van der Waals surface area contributed by atoms with Gasteiger partial charge in [-0.2, -0.15) is 0 Å². The van der Waals surface area contributed by atoms with Crippen LogP contribution in [0.15, 0.2) is 24.3 Å². The molecule has 0 saturated carbocycles. The number of nitrogens with one attached hydrogen (secondary N) is 1. The average molecular weight is 358 g/mol. The van der Waals surface area contributed by atoms with Crippen molar-refractivity contribution in [3.8, 4) is 0 Å². The number of hydrogen-bond donors (Lipinski definition) is 1. The van der Waals surface area contributed by atoms with E-state index >= 15 is 0 Å². The Morgan fingerprint density at radius 1 is 1.33 bits per heavy atom. The molecule has 1 fully saturated rings. The highest BCUT2D eigenvalue weighted by atomic mass is 127. The lowest BCUT2D eigenvalue weighted by Gasteiger charge is -2.28. The molecule has 2 rings (SSSR count). The van der Waals surface area contributed by atoms with Gasteiger partial charge in [0.1, 0.15) is 0 Å². The Morgan fingerprint density at radius 3 is 2.67 bits per heavy atom. The van der Waals surface area contributed by atoms with Gasteiger partial charge in [0, 0.05) is 23.6 Å². The van der Waals surface area contributed by atoms with Crippen LogP contribution in [0.5, 0.6) is 0 Å². The second kappa shape index (κ2) is 5.79. The van der Waals surface area contributed by atoms with Crippen molar-refractivity contribution < 1.29 is 9.59 Å². The number of halogens is 1. The predicted octanol–water partition coefficient (Wildman–Crippen LogP) is 1.53. The van der Waals surface area contributed by atoms with Gasteiger partial charge < -0.3 is 5.32 Å². The molecule has 18 heavy (non-hydrogen) atoms. The number of piperidine rings is 1. The van der Waals surface area contributed by atoms with Gasteiger partial charge in [0.05, 0.1) is 6.04 Å². The fourth-order valence-electron chi connectivity index (χ4n) is 1.95. The average Bonchev–Trinajstić information content (AvgIpc) is 2.37. The molecule has 96 valence electrons. The number of rotatable bonds is 3. The second-order valence-electron chi connectivity index (χ2n) is 4.39. The van der Waals surface area contributed by atoms with Crippen LogP contribution >= 0.6 is 22.6 Å². The third-order valence-electron chi connectivity index (χ3n) is 3.12. The largest absolute Gasteiger partial charge is 0.302 e. The Hall–Kier alpha value is -0.950. The first-order valence-corrected chi connectivity index (χ1v) is 6.94. The third kappa shape index (κ3) is 3.08. The van der Waals surface area contributed by atoms with E-state index in [0.29, 0.717) is 19.4 Å². The molecule has 0 spiro atoms. The SMILES string of the molecule is CN1C(=O)CCC(NCc2ccc(I)cc2)C1=O. The molecule has 1 aliphatic rings. The van der Waals surface area contributed by atoms with Crippen LogP contribution in [0, 0.1) is 3.57 Å². The molecule has 0 radical (unpaired) electrons. The Morgan fingerprint density at radius 2 is 2.00 bits per heavy atom. The zero-order chi connectivity index (χ0) is 13.1. The first kappa shape index (κ1) is 13.5. The van der Waals surface area contributed by atoms with Gasteiger partial charge in [-0.05, 0) is 46.7 Å². The summed E-state index contributed by atoms with van der Waals surface area (Å²) in [5.41, 5.74) is 1.14. The number of carbonyl (C=O) groups excluding carboxylic acids is 2. The van der Waals surface area contributed by atoms with Crippen molar-refractivity contribution in [2.24, 2.45) is 0 Å². The highest BCUT2D eigenvalue weighted by Gasteiger charge is 2.31. The van der Waals surface area contributed by atoms with Crippen molar-refractivity contribution in [3.05, 3.63) is 33.4 Å². The first-order valence-electron chi connectivity index (χ1n) is 5.86. The molecular formula is C13H15IN2O2. The van der Waals surface area contributed by atoms with Crippen molar-refractivity contribution in [1.82, 2.24) is 10.2 Å². The summed E-state index contributed by atoms with van der Waals surface area (Å²) in [6.45, 7) is 0.648. The Bertz CT molecular complexity index is 459. The Kier molecular flexibility index (Phi) is 4.34. The minimum atomic E-state index is -0.244. The summed E-state index contributed by atoms with van der Waals surface area (Å²) in [4.78, 5) is 24.4. The van der Waals surface area contributed by atoms with Gasteiger partial charge in [-0.1, -0.05) is 12.1 Å². The molecule has 0 aliphatic carbocycles. The molecular weight excluding hydrogens is 343 g/mol. The molecule has 1 unspecified atom stereocenters. The second-order valence-corrected chi connectivity index (χ2v) is 5.64. The molecule has 1 heterocycles.